The maximum atomic E-state index is 6.11. The van der Waals surface area contributed by atoms with Gasteiger partial charge < -0.3 is 4.57 Å². The third-order valence-electron chi connectivity index (χ3n) is 5.21. The number of hydrogen-bond donors (Lipinski definition) is 0. The molecule has 2 aliphatic carbocycles. The Morgan fingerprint density at radius 3 is 2.90 bits per heavy atom. The Morgan fingerprint density at radius 1 is 1.30 bits per heavy atom. The fourth-order valence-electron chi connectivity index (χ4n) is 4.29. The zero-order valence-electron chi connectivity index (χ0n) is 11.4. The zero-order chi connectivity index (χ0) is 13.7. The maximum Gasteiger partial charge on any atom is 0.124 e. The predicted octanol–water partition coefficient (Wildman–Crippen LogP) is 4.97. The molecule has 20 heavy (non-hydrogen) atoms. The largest absolute Gasteiger partial charge is 0.327 e. The molecule has 2 aromatic rings. The zero-order valence-corrected chi connectivity index (χ0v) is 13.7. The van der Waals surface area contributed by atoms with Gasteiger partial charge in [-0.1, -0.05) is 22.4 Å². The summed E-state index contributed by atoms with van der Waals surface area (Å²) in [6, 6.07) is 6.34. The average molecular weight is 354 g/mol. The van der Waals surface area contributed by atoms with Crippen LogP contribution in [0, 0.1) is 17.8 Å². The van der Waals surface area contributed by atoms with E-state index in [0.29, 0.717) is 5.88 Å². The van der Waals surface area contributed by atoms with Crippen LogP contribution in [0.3, 0.4) is 0 Å². The summed E-state index contributed by atoms with van der Waals surface area (Å²) in [5, 5.41) is 0. The van der Waals surface area contributed by atoms with Gasteiger partial charge in [-0.2, -0.15) is 0 Å². The average Bonchev–Trinajstić information content (AvgIpc) is 3.12. The van der Waals surface area contributed by atoms with Gasteiger partial charge in [-0.3, -0.25) is 0 Å². The molecular weight excluding hydrogens is 336 g/mol. The molecule has 0 saturated heterocycles. The second kappa shape index (κ2) is 5.03. The molecule has 2 bridgehead atoms. The van der Waals surface area contributed by atoms with Crippen molar-refractivity contribution in [2.24, 2.45) is 17.8 Å². The van der Waals surface area contributed by atoms with Gasteiger partial charge in [-0.05, 0) is 55.2 Å². The minimum absolute atomic E-state index is 0.493. The van der Waals surface area contributed by atoms with Gasteiger partial charge in [-0.25, -0.2) is 4.98 Å². The topological polar surface area (TPSA) is 17.8 Å². The normalized spacial score (nSPS) is 28.6. The second-order valence-corrected chi connectivity index (χ2v) is 7.52. The molecule has 2 fully saturated rings. The highest BCUT2D eigenvalue weighted by Gasteiger charge is 2.39. The Morgan fingerprint density at radius 2 is 2.20 bits per heavy atom. The minimum atomic E-state index is 0.493. The molecule has 3 atom stereocenters. The van der Waals surface area contributed by atoms with E-state index in [4.69, 9.17) is 16.6 Å². The number of imidazole rings is 1. The van der Waals surface area contributed by atoms with Crippen LogP contribution in [0.25, 0.3) is 11.0 Å². The SMILES string of the molecule is ClCc1nc2cc(Br)ccc2n1CC1CC2CCC1C2. The number of halogens is 2. The number of hydrogen-bond acceptors (Lipinski definition) is 1. The van der Waals surface area contributed by atoms with E-state index < -0.39 is 0 Å². The van der Waals surface area contributed by atoms with Crippen LogP contribution in [0.2, 0.25) is 0 Å². The number of aromatic nitrogens is 2. The van der Waals surface area contributed by atoms with Crippen molar-refractivity contribution >= 4 is 38.6 Å². The van der Waals surface area contributed by atoms with Gasteiger partial charge in [0.25, 0.3) is 0 Å². The number of nitrogens with zero attached hydrogens (tertiary/aromatic N) is 2. The molecule has 2 nitrogen and oxygen atoms in total. The molecule has 0 radical (unpaired) electrons. The summed E-state index contributed by atoms with van der Waals surface area (Å²) in [6.45, 7) is 1.10. The van der Waals surface area contributed by atoms with Crippen LogP contribution < -0.4 is 0 Å². The van der Waals surface area contributed by atoms with Crippen LogP contribution in [0.1, 0.15) is 31.5 Å². The van der Waals surface area contributed by atoms with Gasteiger partial charge in [0.15, 0.2) is 0 Å². The lowest BCUT2D eigenvalue weighted by atomic mass is 9.89. The summed E-state index contributed by atoms with van der Waals surface area (Å²) in [6.07, 6.45) is 5.76. The first-order chi connectivity index (χ1) is 9.74. The van der Waals surface area contributed by atoms with Crippen molar-refractivity contribution in [3.63, 3.8) is 0 Å². The predicted molar refractivity (Wildman–Crippen MR) is 85.9 cm³/mol. The third-order valence-corrected chi connectivity index (χ3v) is 5.94. The van der Waals surface area contributed by atoms with Crippen LogP contribution in [-0.2, 0) is 12.4 Å². The van der Waals surface area contributed by atoms with Gasteiger partial charge >= 0.3 is 0 Å². The molecule has 1 heterocycles. The number of rotatable bonds is 3. The highest BCUT2D eigenvalue weighted by Crippen LogP contribution is 2.49. The van der Waals surface area contributed by atoms with Gasteiger partial charge in [0, 0.05) is 11.0 Å². The second-order valence-electron chi connectivity index (χ2n) is 6.34. The molecule has 4 heteroatoms. The highest BCUT2D eigenvalue weighted by atomic mass is 79.9. The van der Waals surface area contributed by atoms with Gasteiger partial charge in [0.2, 0.25) is 0 Å². The summed E-state index contributed by atoms with van der Waals surface area (Å²) in [5.41, 5.74) is 2.28. The fraction of sp³-hybridized carbons (Fsp3) is 0.562. The van der Waals surface area contributed by atoms with E-state index in [2.05, 4.69) is 38.7 Å². The lowest BCUT2D eigenvalue weighted by molar-refractivity contribution is 0.296. The first-order valence-corrected chi connectivity index (χ1v) is 8.78. The molecule has 1 aromatic carbocycles. The highest BCUT2D eigenvalue weighted by molar-refractivity contribution is 9.10. The van der Waals surface area contributed by atoms with Crippen molar-refractivity contribution in [2.75, 3.05) is 0 Å². The number of alkyl halides is 1. The molecule has 0 spiro atoms. The molecule has 2 aliphatic rings. The Bertz CT molecular complexity index is 651. The quantitative estimate of drug-likeness (QED) is 0.712. The minimum Gasteiger partial charge on any atom is -0.327 e. The van der Waals surface area contributed by atoms with E-state index in [0.717, 1.165) is 40.1 Å². The molecule has 0 amide bonds. The Labute approximate surface area is 132 Å². The molecular formula is C16H18BrClN2. The number of benzene rings is 1. The summed E-state index contributed by atoms with van der Waals surface area (Å²) >= 11 is 9.63. The van der Waals surface area contributed by atoms with Crippen LogP contribution in [-0.4, -0.2) is 9.55 Å². The molecule has 106 valence electrons. The standard InChI is InChI=1S/C16H18BrClN2/c17-13-3-4-15-14(7-13)19-16(8-18)20(15)9-12-6-10-1-2-11(12)5-10/h3-4,7,10-12H,1-2,5-6,8-9H2. The lowest BCUT2D eigenvalue weighted by Gasteiger charge is -2.23. The smallest absolute Gasteiger partial charge is 0.124 e. The van der Waals surface area contributed by atoms with Crippen molar-refractivity contribution in [2.45, 2.75) is 38.1 Å². The van der Waals surface area contributed by atoms with E-state index >= 15 is 0 Å². The Balaban J connectivity index is 1.71. The third kappa shape index (κ3) is 2.10. The van der Waals surface area contributed by atoms with E-state index in [-0.39, 0.29) is 0 Å². The van der Waals surface area contributed by atoms with Crippen molar-refractivity contribution < 1.29 is 0 Å². The first kappa shape index (κ1) is 13.1. The van der Waals surface area contributed by atoms with E-state index in [1.165, 1.54) is 31.2 Å². The van der Waals surface area contributed by atoms with Gasteiger partial charge in [-0.15, -0.1) is 11.6 Å². The molecule has 3 unspecified atom stereocenters. The van der Waals surface area contributed by atoms with Crippen LogP contribution in [0.5, 0.6) is 0 Å². The Kier molecular flexibility index (Phi) is 3.30. The van der Waals surface area contributed by atoms with Crippen LogP contribution >= 0.6 is 27.5 Å². The molecule has 0 aliphatic heterocycles. The van der Waals surface area contributed by atoms with E-state index in [1.807, 2.05) is 0 Å². The van der Waals surface area contributed by atoms with Crippen molar-refractivity contribution in [3.8, 4) is 0 Å². The van der Waals surface area contributed by atoms with Crippen molar-refractivity contribution in [3.05, 3.63) is 28.5 Å². The van der Waals surface area contributed by atoms with Gasteiger partial charge in [0.05, 0.1) is 16.9 Å². The van der Waals surface area contributed by atoms with Crippen molar-refractivity contribution in [1.29, 1.82) is 0 Å². The molecule has 2 saturated carbocycles. The van der Waals surface area contributed by atoms with E-state index in [9.17, 15) is 0 Å². The van der Waals surface area contributed by atoms with Crippen LogP contribution in [0.15, 0.2) is 22.7 Å². The first-order valence-electron chi connectivity index (χ1n) is 7.45. The fourth-order valence-corrected chi connectivity index (χ4v) is 4.85. The molecule has 0 N–H and O–H groups in total. The number of fused-ring (bicyclic) bond motifs is 3. The monoisotopic (exact) mass is 352 g/mol. The summed E-state index contributed by atoms with van der Waals surface area (Å²) in [5.74, 6) is 4.27. The maximum absolute atomic E-state index is 6.11. The summed E-state index contributed by atoms with van der Waals surface area (Å²) in [4.78, 5) is 4.70. The Hall–Kier alpha value is -0.540. The summed E-state index contributed by atoms with van der Waals surface area (Å²) in [7, 11) is 0. The summed E-state index contributed by atoms with van der Waals surface area (Å²) < 4.78 is 3.44. The van der Waals surface area contributed by atoms with E-state index in [1.54, 1.807) is 0 Å². The lowest BCUT2D eigenvalue weighted by Crippen LogP contribution is -2.18. The van der Waals surface area contributed by atoms with Crippen molar-refractivity contribution in [1.82, 2.24) is 9.55 Å². The molecule has 4 rings (SSSR count). The molecule has 1 aromatic heterocycles. The van der Waals surface area contributed by atoms with Gasteiger partial charge in [0.1, 0.15) is 5.82 Å². The van der Waals surface area contributed by atoms with Crippen LogP contribution in [0.4, 0.5) is 0 Å².